The van der Waals surface area contributed by atoms with Crippen molar-refractivity contribution in [3.8, 4) is 0 Å². The number of hydrogen-bond acceptors (Lipinski definition) is 3. The van der Waals surface area contributed by atoms with Gasteiger partial charge in [-0.15, -0.1) is 0 Å². The van der Waals surface area contributed by atoms with Gasteiger partial charge in [-0.25, -0.2) is 4.79 Å². The molecule has 1 aliphatic carbocycles. The zero-order valence-corrected chi connectivity index (χ0v) is 11.9. The summed E-state index contributed by atoms with van der Waals surface area (Å²) in [6.45, 7) is 0.438. The summed E-state index contributed by atoms with van der Waals surface area (Å²) in [7, 11) is 0. The summed E-state index contributed by atoms with van der Waals surface area (Å²) < 4.78 is 7.24. The van der Waals surface area contributed by atoms with Crippen molar-refractivity contribution >= 4 is 6.03 Å². The molecule has 3 rings (SSSR count). The molecule has 1 saturated carbocycles. The van der Waals surface area contributed by atoms with Crippen LogP contribution in [0.25, 0.3) is 0 Å². The first-order valence-corrected chi connectivity index (χ1v) is 7.40. The largest absolute Gasteiger partial charge is 0.467 e. The molecule has 2 amide bonds. The summed E-state index contributed by atoms with van der Waals surface area (Å²) in [6.07, 6.45) is 9.77. The van der Waals surface area contributed by atoms with Gasteiger partial charge in [-0.1, -0.05) is 12.8 Å². The van der Waals surface area contributed by atoms with Crippen LogP contribution in [-0.2, 0) is 0 Å². The third-order valence-electron chi connectivity index (χ3n) is 3.86. The van der Waals surface area contributed by atoms with Gasteiger partial charge in [-0.05, 0) is 31.0 Å². The zero-order chi connectivity index (χ0) is 14.5. The number of nitrogens with one attached hydrogen (secondary N) is 2. The SMILES string of the molecule is O=C(NC[C@@H](c1ccco1)n1cccn1)NC1CCCC1. The second-order valence-corrected chi connectivity index (χ2v) is 5.35. The third kappa shape index (κ3) is 3.45. The fraction of sp³-hybridized carbons (Fsp3) is 0.467. The maximum atomic E-state index is 12.0. The highest BCUT2D eigenvalue weighted by Crippen LogP contribution is 2.18. The van der Waals surface area contributed by atoms with E-state index in [9.17, 15) is 4.79 Å². The Morgan fingerprint density at radius 2 is 2.29 bits per heavy atom. The molecule has 1 fully saturated rings. The number of furan rings is 1. The zero-order valence-electron chi connectivity index (χ0n) is 11.9. The summed E-state index contributed by atoms with van der Waals surface area (Å²) in [5.74, 6) is 0.778. The van der Waals surface area contributed by atoms with Crippen LogP contribution >= 0.6 is 0 Å². The minimum absolute atomic E-state index is 0.120. The highest BCUT2D eigenvalue weighted by atomic mass is 16.3. The molecule has 0 aliphatic heterocycles. The van der Waals surface area contributed by atoms with E-state index in [4.69, 9.17) is 4.42 Å². The van der Waals surface area contributed by atoms with Crippen molar-refractivity contribution in [3.05, 3.63) is 42.6 Å². The van der Waals surface area contributed by atoms with Gasteiger partial charge in [0, 0.05) is 25.0 Å². The van der Waals surface area contributed by atoms with E-state index in [0.717, 1.165) is 18.6 Å². The van der Waals surface area contributed by atoms with Crippen LogP contribution in [0, 0.1) is 0 Å². The second kappa shape index (κ2) is 6.47. The minimum atomic E-state index is -0.135. The van der Waals surface area contributed by atoms with Crippen LogP contribution in [0.3, 0.4) is 0 Å². The first-order valence-electron chi connectivity index (χ1n) is 7.40. The lowest BCUT2D eigenvalue weighted by Crippen LogP contribution is -2.43. The lowest BCUT2D eigenvalue weighted by molar-refractivity contribution is 0.235. The predicted molar refractivity (Wildman–Crippen MR) is 77.9 cm³/mol. The molecule has 0 bridgehead atoms. The molecule has 2 heterocycles. The number of aromatic nitrogens is 2. The number of rotatable bonds is 5. The van der Waals surface area contributed by atoms with E-state index in [2.05, 4.69) is 15.7 Å². The molecule has 6 nitrogen and oxygen atoms in total. The Bertz CT molecular complexity index is 510. The minimum Gasteiger partial charge on any atom is -0.467 e. The molecule has 1 aliphatic rings. The molecule has 0 saturated heterocycles. The number of carbonyl (C=O) groups excluding carboxylic acids is 1. The normalized spacial score (nSPS) is 16.8. The van der Waals surface area contributed by atoms with Crippen molar-refractivity contribution in [1.29, 1.82) is 0 Å². The number of amides is 2. The molecule has 1 atom stereocenters. The summed E-state index contributed by atoms with van der Waals surface area (Å²) >= 11 is 0. The first kappa shape index (κ1) is 13.7. The molecule has 2 N–H and O–H groups in total. The van der Waals surface area contributed by atoms with Gasteiger partial charge in [0.25, 0.3) is 0 Å². The van der Waals surface area contributed by atoms with Gasteiger partial charge < -0.3 is 15.1 Å². The van der Waals surface area contributed by atoms with Gasteiger partial charge in [-0.3, -0.25) is 4.68 Å². The van der Waals surface area contributed by atoms with Gasteiger partial charge in [0.2, 0.25) is 0 Å². The summed E-state index contributed by atoms with van der Waals surface area (Å²) in [6, 6.07) is 5.65. The van der Waals surface area contributed by atoms with E-state index >= 15 is 0 Å². The van der Waals surface area contributed by atoms with Crippen LogP contribution in [0.15, 0.2) is 41.3 Å². The van der Waals surface area contributed by atoms with Gasteiger partial charge in [0.15, 0.2) is 0 Å². The van der Waals surface area contributed by atoms with Crippen molar-refractivity contribution < 1.29 is 9.21 Å². The van der Waals surface area contributed by atoms with Crippen molar-refractivity contribution in [1.82, 2.24) is 20.4 Å². The number of carbonyl (C=O) groups is 1. The number of hydrogen-bond donors (Lipinski definition) is 2. The van der Waals surface area contributed by atoms with Crippen molar-refractivity contribution in [2.45, 2.75) is 37.8 Å². The lowest BCUT2D eigenvalue weighted by atomic mass is 10.2. The third-order valence-corrected chi connectivity index (χ3v) is 3.86. The molecule has 2 aromatic rings. The quantitative estimate of drug-likeness (QED) is 0.886. The van der Waals surface area contributed by atoms with Crippen LogP contribution in [0.1, 0.15) is 37.5 Å². The Morgan fingerprint density at radius 1 is 1.43 bits per heavy atom. The highest BCUT2D eigenvalue weighted by molar-refractivity contribution is 5.74. The molecule has 112 valence electrons. The number of nitrogens with zero attached hydrogens (tertiary/aromatic N) is 2. The summed E-state index contributed by atoms with van der Waals surface area (Å²) in [5.41, 5.74) is 0. The van der Waals surface area contributed by atoms with Gasteiger partial charge in [-0.2, -0.15) is 5.10 Å². The Labute approximate surface area is 123 Å². The van der Waals surface area contributed by atoms with Crippen molar-refractivity contribution in [2.24, 2.45) is 0 Å². The van der Waals surface area contributed by atoms with Crippen LogP contribution in [0.2, 0.25) is 0 Å². The first-order chi connectivity index (χ1) is 10.3. The van der Waals surface area contributed by atoms with Gasteiger partial charge in [0.1, 0.15) is 11.8 Å². The average Bonchev–Trinajstić information content (AvgIpc) is 3.23. The standard InChI is InChI=1S/C15H20N4O2/c20-15(18-12-5-1-2-6-12)16-11-13(14-7-3-10-21-14)19-9-4-8-17-19/h3-4,7-10,12-13H,1-2,5-6,11H2,(H2,16,18,20)/t13-/m0/s1. The molecule has 2 aromatic heterocycles. The Kier molecular flexibility index (Phi) is 4.23. The molecule has 6 heteroatoms. The molecule has 0 spiro atoms. The monoisotopic (exact) mass is 288 g/mol. The van der Waals surface area contributed by atoms with E-state index in [0.29, 0.717) is 12.6 Å². The Morgan fingerprint density at radius 3 is 2.95 bits per heavy atom. The van der Waals surface area contributed by atoms with Gasteiger partial charge in [0.05, 0.1) is 6.26 Å². The van der Waals surface area contributed by atoms with E-state index in [1.54, 1.807) is 17.1 Å². The van der Waals surface area contributed by atoms with Crippen LogP contribution in [-0.4, -0.2) is 28.4 Å². The maximum Gasteiger partial charge on any atom is 0.315 e. The number of urea groups is 1. The molecule has 0 aromatic carbocycles. The van der Waals surface area contributed by atoms with Crippen LogP contribution in [0.5, 0.6) is 0 Å². The van der Waals surface area contributed by atoms with E-state index in [1.165, 1.54) is 12.8 Å². The Balaban J connectivity index is 1.58. The van der Waals surface area contributed by atoms with Crippen LogP contribution < -0.4 is 10.6 Å². The molecule has 0 radical (unpaired) electrons. The average molecular weight is 288 g/mol. The predicted octanol–water partition coefficient (Wildman–Crippen LogP) is 2.31. The van der Waals surface area contributed by atoms with Crippen molar-refractivity contribution in [2.75, 3.05) is 6.54 Å². The molecule has 0 unspecified atom stereocenters. The molecule has 21 heavy (non-hydrogen) atoms. The smallest absolute Gasteiger partial charge is 0.315 e. The summed E-state index contributed by atoms with van der Waals surface area (Å²) in [4.78, 5) is 12.0. The summed E-state index contributed by atoms with van der Waals surface area (Å²) in [5, 5.41) is 10.2. The van der Waals surface area contributed by atoms with E-state index < -0.39 is 0 Å². The van der Waals surface area contributed by atoms with E-state index in [-0.39, 0.29) is 12.1 Å². The van der Waals surface area contributed by atoms with Gasteiger partial charge >= 0.3 is 6.03 Å². The Hall–Kier alpha value is -2.24. The van der Waals surface area contributed by atoms with E-state index in [1.807, 2.05) is 24.4 Å². The maximum absolute atomic E-state index is 12.0. The molecular formula is C15H20N4O2. The second-order valence-electron chi connectivity index (χ2n) is 5.35. The fourth-order valence-electron chi connectivity index (χ4n) is 2.77. The van der Waals surface area contributed by atoms with Crippen LogP contribution in [0.4, 0.5) is 4.79 Å². The van der Waals surface area contributed by atoms with Crippen molar-refractivity contribution in [3.63, 3.8) is 0 Å². The lowest BCUT2D eigenvalue weighted by Gasteiger charge is -2.18. The highest BCUT2D eigenvalue weighted by Gasteiger charge is 2.20. The fourth-order valence-corrected chi connectivity index (χ4v) is 2.77. The molecular weight excluding hydrogens is 268 g/mol. The topological polar surface area (TPSA) is 72.1 Å².